The number of ether oxygens (including phenoxy) is 1. The maximum atomic E-state index is 10.9. The van der Waals surface area contributed by atoms with E-state index in [9.17, 15) is 4.79 Å². The predicted octanol–water partition coefficient (Wildman–Crippen LogP) is -0.221. The summed E-state index contributed by atoms with van der Waals surface area (Å²) in [5.41, 5.74) is 0. The molecule has 2 fully saturated rings. The number of rotatable bonds is 3. The summed E-state index contributed by atoms with van der Waals surface area (Å²) in [5, 5.41) is 5.98. The normalized spacial score (nSPS) is 32.5. The minimum Gasteiger partial charge on any atom is -0.443 e. The molecule has 2 unspecified atom stereocenters. The maximum absolute atomic E-state index is 10.9. The fourth-order valence-electron chi connectivity index (χ4n) is 2.28. The van der Waals surface area contributed by atoms with Gasteiger partial charge in [-0.15, -0.1) is 0 Å². The minimum atomic E-state index is -0.276. The Balaban J connectivity index is 1.76. The minimum absolute atomic E-state index is 0.0353. The Hall–Kier alpha value is -0.810. The van der Waals surface area contributed by atoms with Crippen LogP contribution in [0, 0.1) is 0 Å². The molecule has 5 heteroatoms. The van der Waals surface area contributed by atoms with Crippen LogP contribution in [0.2, 0.25) is 0 Å². The van der Waals surface area contributed by atoms with Crippen molar-refractivity contribution in [2.24, 2.45) is 0 Å². The van der Waals surface area contributed by atoms with Crippen LogP contribution in [-0.4, -0.2) is 56.4 Å². The first-order valence-electron chi connectivity index (χ1n) is 5.62. The molecule has 2 rings (SSSR count). The van der Waals surface area contributed by atoms with Gasteiger partial charge >= 0.3 is 6.09 Å². The lowest BCUT2D eigenvalue weighted by Crippen LogP contribution is -2.47. The van der Waals surface area contributed by atoms with Crippen LogP contribution in [0.3, 0.4) is 0 Å². The van der Waals surface area contributed by atoms with Gasteiger partial charge in [-0.1, -0.05) is 0 Å². The summed E-state index contributed by atoms with van der Waals surface area (Å²) < 4.78 is 5.12. The third kappa shape index (κ3) is 2.82. The van der Waals surface area contributed by atoms with Crippen LogP contribution in [-0.2, 0) is 4.74 Å². The molecule has 2 heterocycles. The zero-order chi connectivity index (χ0) is 10.7. The maximum Gasteiger partial charge on any atom is 0.407 e. The van der Waals surface area contributed by atoms with Gasteiger partial charge in [0.05, 0.1) is 6.54 Å². The molecule has 2 N–H and O–H groups in total. The number of piperidine rings is 1. The van der Waals surface area contributed by atoms with E-state index in [0.717, 1.165) is 19.6 Å². The highest BCUT2D eigenvalue weighted by molar-refractivity contribution is 5.69. The van der Waals surface area contributed by atoms with E-state index in [2.05, 4.69) is 15.5 Å². The number of carbonyl (C=O) groups excluding carboxylic acids is 1. The fraction of sp³-hybridized carbons (Fsp3) is 0.900. The van der Waals surface area contributed by atoms with Crippen molar-refractivity contribution in [3.63, 3.8) is 0 Å². The monoisotopic (exact) mass is 213 g/mol. The van der Waals surface area contributed by atoms with Crippen molar-refractivity contribution >= 4 is 6.09 Å². The molecule has 0 spiro atoms. The number of nitrogens with zero attached hydrogens (tertiary/aromatic N) is 1. The van der Waals surface area contributed by atoms with E-state index in [1.165, 1.54) is 12.8 Å². The molecule has 0 saturated carbocycles. The lowest BCUT2D eigenvalue weighted by molar-refractivity contribution is 0.0938. The van der Waals surface area contributed by atoms with E-state index >= 15 is 0 Å². The van der Waals surface area contributed by atoms with Gasteiger partial charge in [-0.05, 0) is 26.4 Å². The number of carbonyl (C=O) groups is 1. The molecule has 2 aliphatic heterocycles. The van der Waals surface area contributed by atoms with Crippen LogP contribution in [0.25, 0.3) is 0 Å². The Morgan fingerprint density at radius 3 is 3.20 bits per heavy atom. The second kappa shape index (κ2) is 4.81. The Kier molecular flexibility index (Phi) is 3.43. The van der Waals surface area contributed by atoms with Crippen LogP contribution in [0.4, 0.5) is 4.79 Å². The smallest absolute Gasteiger partial charge is 0.407 e. The molecular weight excluding hydrogens is 194 g/mol. The summed E-state index contributed by atoms with van der Waals surface area (Å²) in [6, 6.07) is 0.587. The number of cyclic esters (lactones) is 1. The summed E-state index contributed by atoms with van der Waals surface area (Å²) in [7, 11) is 2.01. The third-order valence-corrected chi connectivity index (χ3v) is 3.12. The van der Waals surface area contributed by atoms with E-state index in [1.807, 2.05) is 7.05 Å². The Bertz CT molecular complexity index is 235. The van der Waals surface area contributed by atoms with Gasteiger partial charge in [-0.2, -0.15) is 0 Å². The van der Waals surface area contributed by atoms with Crippen molar-refractivity contribution in [2.45, 2.75) is 25.0 Å². The highest BCUT2D eigenvalue weighted by Crippen LogP contribution is 2.12. The Morgan fingerprint density at radius 2 is 2.53 bits per heavy atom. The number of likely N-dealkylation sites (N-methyl/N-ethyl adjacent to an activating group) is 1. The second-order valence-electron chi connectivity index (χ2n) is 4.30. The Labute approximate surface area is 90.1 Å². The van der Waals surface area contributed by atoms with Gasteiger partial charge in [0.2, 0.25) is 0 Å². The van der Waals surface area contributed by atoms with Crippen LogP contribution in [0.15, 0.2) is 0 Å². The van der Waals surface area contributed by atoms with E-state index in [-0.39, 0.29) is 12.2 Å². The van der Waals surface area contributed by atoms with E-state index in [1.54, 1.807) is 0 Å². The first kappa shape index (κ1) is 10.7. The zero-order valence-corrected chi connectivity index (χ0v) is 9.16. The molecule has 0 aromatic rings. The molecule has 0 aromatic carbocycles. The van der Waals surface area contributed by atoms with Gasteiger partial charge in [0, 0.05) is 19.1 Å². The molecular formula is C10H19N3O2. The SMILES string of the molecule is CNC1CCCN(CC2CNC(=O)O2)C1. The molecule has 86 valence electrons. The molecule has 2 aliphatic rings. The summed E-state index contributed by atoms with van der Waals surface area (Å²) >= 11 is 0. The van der Waals surface area contributed by atoms with Crippen molar-refractivity contribution in [1.82, 2.24) is 15.5 Å². The van der Waals surface area contributed by atoms with Crippen molar-refractivity contribution in [1.29, 1.82) is 0 Å². The number of alkyl carbamates (subject to hydrolysis) is 1. The van der Waals surface area contributed by atoms with Crippen molar-refractivity contribution in [3.8, 4) is 0 Å². The van der Waals surface area contributed by atoms with Gasteiger partial charge in [-0.25, -0.2) is 4.79 Å². The summed E-state index contributed by atoms with van der Waals surface area (Å²) in [6.07, 6.45) is 2.23. The number of hydrogen-bond donors (Lipinski definition) is 2. The van der Waals surface area contributed by atoms with Crippen LogP contribution in [0.5, 0.6) is 0 Å². The van der Waals surface area contributed by atoms with E-state index in [4.69, 9.17) is 4.74 Å². The third-order valence-electron chi connectivity index (χ3n) is 3.12. The molecule has 1 amide bonds. The molecule has 5 nitrogen and oxygen atoms in total. The average Bonchev–Trinajstić information content (AvgIpc) is 2.64. The standard InChI is InChI=1S/C10H19N3O2/c1-11-8-3-2-4-13(6-8)7-9-5-12-10(14)15-9/h8-9,11H,2-7H2,1H3,(H,12,14). The first-order chi connectivity index (χ1) is 7.28. The zero-order valence-electron chi connectivity index (χ0n) is 9.16. The molecule has 0 radical (unpaired) electrons. The highest BCUT2D eigenvalue weighted by atomic mass is 16.6. The van der Waals surface area contributed by atoms with E-state index < -0.39 is 0 Å². The lowest BCUT2D eigenvalue weighted by Gasteiger charge is -2.33. The number of hydrogen-bond acceptors (Lipinski definition) is 4. The summed E-state index contributed by atoms with van der Waals surface area (Å²) in [5.74, 6) is 0. The topological polar surface area (TPSA) is 53.6 Å². The second-order valence-corrected chi connectivity index (χ2v) is 4.30. The largest absolute Gasteiger partial charge is 0.443 e. The Morgan fingerprint density at radius 1 is 1.67 bits per heavy atom. The molecule has 0 aliphatic carbocycles. The van der Waals surface area contributed by atoms with Gasteiger partial charge in [0.1, 0.15) is 6.10 Å². The molecule has 0 aromatic heterocycles. The lowest BCUT2D eigenvalue weighted by atomic mass is 10.1. The van der Waals surface area contributed by atoms with Gasteiger partial charge in [0.25, 0.3) is 0 Å². The number of nitrogens with one attached hydrogen (secondary N) is 2. The van der Waals surface area contributed by atoms with Crippen LogP contribution in [0.1, 0.15) is 12.8 Å². The van der Waals surface area contributed by atoms with E-state index in [0.29, 0.717) is 12.6 Å². The molecule has 2 saturated heterocycles. The van der Waals surface area contributed by atoms with Gasteiger partial charge < -0.3 is 15.4 Å². The van der Waals surface area contributed by atoms with Gasteiger partial charge in [0.15, 0.2) is 0 Å². The number of likely N-dealkylation sites (tertiary alicyclic amines) is 1. The van der Waals surface area contributed by atoms with Crippen molar-refractivity contribution in [3.05, 3.63) is 0 Å². The molecule has 2 atom stereocenters. The average molecular weight is 213 g/mol. The molecule has 15 heavy (non-hydrogen) atoms. The quantitative estimate of drug-likeness (QED) is 0.680. The summed E-state index contributed by atoms with van der Waals surface area (Å²) in [6.45, 7) is 3.69. The van der Waals surface area contributed by atoms with Crippen molar-refractivity contribution < 1.29 is 9.53 Å². The molecule has 0 bridgehead atoms. The first-order valence-corrected chi connectivity index (χ1v) is 5.62. The predicted molar refractivity (Wildman–Crippen MR) is 56.8 cm³/mol. The highest BCUT2D eigenvalue weighted by Gasteiger charge is 2.27. The number of amides is 1. The van der Waals surface area contributed by atoms with Crippen LogP contribution < -0.4 is 10.6 Å². The van der Waals surface area contributed by atoms with Crippen LogP contribution >= 0.6 is 0 Å². The fourth-order valence-corrected chi connectivity index (χ4v) is 2.28. The summed E-state index contributed by atoms with van der Waals surface area (Å²) in [4.78, 5) is 13.2. The van der Waals surface area contributed by atoms with Gasteiger partial charge in [-0.3, -0.25) is 4.90 Å². The van der Waals surface area contributed by atoms with Crippen molar-refractivity contribution in [2.75, 3.05) is 33.2 Å².